The van der Waals surface area contributed by atoms with Gasteiger partial charge in [0.25, 0.3) is 0 Å². The maximum atomic E-state index is 12.9. The number of carbonyl (C=O) groups is 1. The largest absolute Gasteiger partial charge is 0.321 e. The molecule has 0 spiro atoms. The Morgan fingerprint density at radius 1 is 1.50 bits per heavy atom. The number of aldehydes is 1. The Hall–Kier alpha value is -1.22. The smallest absolute Gasteiger partial charge is 0.137 e. The normalized spacial score (nSPS) is 11.1. The summed E-state index contributed by atoms with van der Waals surface area (Å²) in [5.74, 6) is -0.310. The Balaban J connectivity index is 0. The van der Waals surface area contributed by atoms with Gasteiger partial charge < -0.3 is 10.5 Å². The van der Waals surface area contributed by atoms with Crippen LogP contribution in [0.25, 0.3) is 0 Å². The molecule has 1 aromatic carbocycles. The first-order valence-corrected chi connectivity index (χ1v) is 4.68. The van der Waals surface area contributed by atoms with E-state index in [9.17, 15) is 9.18 Å². The third kappa shape index (κ3) is 4.14. The molecule has 1 atom stereocenters. The number of halogens is 1. The van der Waals surface area contributed by atoms with Gasteiger partial charge in [-0.25, -0.2) is 4.39 Å². The molecule has 80 valence electrons. The molecule has 0 aliphatic rings. The van der Waals surface area contributed by atoms with E-state index in [0.717, 1.165) is 0 Å². The Kier molecular flexibility index (Phi) is 6.58. The molecule has 0 aliphatic carbocycles. The summed E-state index contributed by atoms with van der Waals surface area (Å²) in [5.41, 5.74) is 5.82. The first-order valence-electron chi connectivity index (χ1n) is 4.68. The van der Waals surface area contributed by atoms with Gasteiger partial charge in [-0.1, -0.05) is 32.0 Å². The lowest BCUT2D eigenvalue weighted by Crippen LogP contribution is -2.24. The van der Waals surface area contributed by atoms with Gasteiger partial charge in [-0.05, 0) is 18.1 Å². The quantitative estimate of drug-likeness (QED) is 0.758. The minimum atomic E-state index is -0.609. The van der Waals surface area contributed by atoms with Gasteiger partial charge in [-0.3, -0.25) is 0 Å². The van der Waals surface area contributed by atoms with E-state index in [1.807, 2.05) is 13.8 Å². The van der Waals surface area contributed by atoms with Crippen LogP contribution in [0, 0.1) is 5.82 Å². The van der Waals surface area contributed by atoms with Crippen LogP contribution < -0.4 is 5.73 Å². The van der Waals surface area contributed by atoms with E-state index in [2.05, 4.69) is 0 Å². The van der Waals surface area contributed by atoms with Crippen LogP contribution in [0.2, 0.25) is 0 Å². The Bertz CT molecular complexity index is 281. The van der Waals surface area contributed by atoms with Crippen molar-refractivity contribution in [3.63, 3.8) is 0 Å². The van der Waals surface area contributed by atoms with Crippen LogP contribution in [0.15, 0.2) is 24.3 Å². The van der Waals surface area contributed by atoms with Gasteiger partial charge in [-0.15, -0.1) is 0 Å². The van der Waals surface area contributed by atoms with Crippen molar-refractivity contribution in [1.82, 2.24) is 0 Å². The van der Waals surface area contributed by atoms with Crippen molar-refractivity contribution in [2.75, 3.05) is 0 Å². The van der Waals surface area contributed by atoms with Gasteiger partial charge in [0.1, 0.15) is 12.1 Å². The summed E-state index contributed by atoms with van der Waals surface area (Å²) >= 11 is 0. The van der Waals surface area contributed by atoms with Gasteiger partial charge >= 0.3 is 0 Å². The second-order valence-corrected chi connectivity index (χ2v) is 2.60. The summed E-state index contributed by atoms with van der Waals surface area (Å²) in [5, 5.41) is 0. The number of hydrogen-bond acceptors (Lipinski definition) is 2. The lowest BCUT2D eigenvalue weighted by Gasteiger charge is -2.04. The zero-order chi connectivity index (χ0) is 11.0. The molecule has 3 heteroatoms. The average molecular weight is 199 g/mol. The molecule has 0 aromatic heterocycles. The molecule has 0 radical (unpaired) electrons. The van der Waals surface area contributed by atoms with Gasteiger partial charge in [-0.2, -0.15) is 0 Å². The molecule has 1 aromatic rings. The van der Waals surface area contributed by atoms with Crippen LogP contribution in [0.1, 0.15) is 20.8 Å². The molecule has 0 saturated carbocycles. The lowest BCUT2D eigenvalue weighted by molar-refractivity contribution is -0.108. The predicted octanol–water partition coefficient (Wildman–Crippen LogP) is 2.17. The minimum Gasteiger partial charge on any atom is -0.321 e. The molecule has 2 N–H and O–H groups in total. The van der Waals surface area contributed by atoms with Crippen molar-refractivity contribution >= 4 is 6.29 Å². The van der Waals surface area contributed by atoms with E-state index in [1.165, 1.54) is 6.07 Å². The van der Waals surface area contributed by atoms with Crippen molar-refractivity contribution in [2.45, 2.75) is 26.3 Å². The third-order valence-electron chi connectivity index (χ3n) is 1.59. The highest BCUT2D eigenvalue weighted by Gasteiger charge is 2.05. The van der Waals surface area contributed by atoms with Crippen LogP contribution in [-0.4, -0.2) is 12.3 Å². The van der Waals surface area contributed by atoms with Crippen LogP contribution in [0.4, 0.5) is 4.39 Å². The number of rotatable bonds is 3. The Labute approximate surface area is 85.4 Å². The van der Waals surface area contributed by atoms with Crippen LogP contribution in [-0.2, 0) is 11.2 Å². The summed E-state index contributed by atoms with van der Waals surface area (Å²) in [7, 11) is 0. The molecule has 2 nitrogen and oxygen atoms in total. The Morgan fingerprint density at radius 2 is 2.07 bits per heavy atom. The summed E-state index contributed by atoms with van der Waals surface area (Å²) in [6, 6.07) is 5.69. The monoisotopic (exact) mass is 199 g/mol. The van der Waals surface area contributed by atoms with Gasteiger partial charge in [0.2, 0.25) is 0 Å². The fraction of sp³-hybridized carbons (Fsp3) is 0.364. The standard InChI is InChI=1S/C9H10FNO.C2H6.H2/c10-9-4-2-1-3-7(9)5-8(11)6-12;1-2;/h1-4,6,8H,5,11H2;1-2H3;1H/t8-;;/m0../s1. The summed E-state index contributed by atoms with van der Waals surface area (Å²) < 4.78 is 12.9. The second-order valence-electron chi connectivity index (χ2n) is 2.60. The van der Waals surface area contributed by atoms with Crippen molar-refractivity contribution in [3.05, 3.63) is 35.6 Å². The minimum absolute atomic E-state index is 0. The molecular weight excluding hydrogens is 181 g/mol. The van der Waals surface area contributed by atoms with Gasteiger partial charge in [0.15, 0.2) is 0 Å². The van der Waals surface area contributed by atoms with Crippen molar-refractivity contribution in [2.24, 2.45) is 5.73 Å². The topological polar surface area (TPSA) is 43.1 Å². The highest BCUT2D eigenvalue weighted by Crippen LogP contribution is 2.07. The maximum Gasteiger partial charge on any atom is 0.137 e. The average Bonchev–Trinajstić information content (AvgIpc) is 2.24. The number of hydrogen-bond donors (Lipinski definition) is 1. The van der Waals surface area contributed by atoms with Crippen LogP contribution in [0.3, 0.4) is 0 Å². The van der Waals surface area contributed by atoms with E-state index in [1.54, 1.807) is 18.2 Å². The maximum absolute atomic E-state index is 12.9. The first-order chi connectivity index (χ1) is 6.74. The number of nitrogens with two attached hydrogens (primary N) is 1. The van der Waals surface area contributed by atoms with Crippen molar-refractivity contribution in [1.29, 1.82) is 0 Å². The predicted molar refractivity (Wildman–Crippen MR) is 57.6 cm³/mol. The summed E-state index contributed by atoms with van der Waals surface area (Å²) in [4.78, 5) is 10.2. The van der Waals surface area contributed by atoms with E-state index in [4.69, 9.17) is 5.73 Å². The molecule has 0 amide bonds. The highest BCUT2D eigenvalue weighted by atomic mass is 19.1. The molecule has 0 heterocycles. The third-order valence-corrected chi connectivity index (χ3v) is 1.59. The van der Waals surface area contributed by atoms with Gasteiger partial charge in [0.05, 0.1) is 6.04 Å². The fourth-order valence-corrected chi connectivity index (χ4v) is 0.966. The van der Waals surface area contributed by atoms with Crippen molar-refractivity contribution in [3.8, 4) is 0 Å². The first kappa shape index (κ1) is 12.8. The number of carbonyl (C=O) groups excluding carboxylic acids is 1. The second kappa shape index (κ2) is 7.21. The molecule has 0 bridgehead atoms. The zero-order valence-electron chi connectivity index (χ0n) is 8.53. The van der Waals surface area contributed by atoms with E-state index in [-0.39, 0.29) is 13.7 Å². The lowest BCUT2D eigenvalue weighted by atomic mass is 10.1. The van der Waals surface area contributed by atoms with E-state index >= 15 is 0 Å². The van der Waals surface area contributed by atoms with Crippen LogP contribution >= 0.6 is 0 Å². The van der Waals surface area contributed by atoms with E-state index < -0.39 is 6.04 Å². The molecule has 0 saturated heterocycles. The van der Waals surface area contributed by atoms with E-state index in [0.29, 0.717) is 11.8 Å². The SMILES string of the molecule is CC.N[C@H](C=O)Cc1ccccc1F.[HH]. The molecule has 1 rings (SSSR count). The molecule has 14 heavy (non-hydrogen) atoms. The molecule has 0 unspecified atom stereocenters. The summed E-state index contributed by atoms with van der Waals surface area (Å²) in [6.07, 6.45) is 0.878. The molecule has 0 fully saturated rings. The van der Waals surface area contributed by atoms with Gasteiger partial charge in [0, 0.05) is 1.43 Å². The number of benzene rings is 1. The zero-order valence-corrected chi connectivity index (χ0v) is 8.53. The Morgan fingerprint density at radius 3 is 2.57 bits per heavy atom. The molecule has 0 aliphatic heterocycles. The molecular formula is C11H18FNO. The fourth-order valence-electron chi connectivity index (χ4n) is 0.966. The van der Waals surface area contributed by atoms with Crippen LogP contribution in [0.5, 0.6) is 0 Å². The van der Waals surface area contributed by atoms with Crippen molar-refractivity contribution < 1.29 is 10.6 Å². The highest BCUT2D eigenvalue weighted by molar-refractivity contribution is 5.57. The summed E-state index contributed by atoms with van der Waals surface area (Å²) in [6.45, 7) is 4.00.